The molecule has 0 heterocycles. The summed E-state index contributed by atoms with van der Waals surface area (Å²) in [6.07, 6.45) is 1.24. The first-order chi connectivity index (χ1) is 10.2. The SMILES string of the molecule is CCOC(=O)/C=C/[C@@H](OC)[C@H](O)COCc1ccccc1. The monoisotopic (exact) mass is 294 g/mol. The molecule has 5 nitrogen and oxygen atoms in total. The third-order valence-corrected chi connectivity index (χ3v) is 2.76. The van der Waals surface area contributed by atoms with Crippen molar-refractivity contribution in [3.63, 3.8) is 0 Å². The van der Waals surface area contributed by atoms with Crippen molar-refractivity contribution >= 4 is 5.97 Å². The van der Waals surface area contributed by atoms with Gasteiger partial charge >= 0.3 is 5.97 Å². The van der Waals surface area contributed by atoms with Gasteiger partial charge < -0.3 is 19.3 Å². The van der Waals surface area contributed by atoms with Crippen LogP contribution in [-0.2, 0) is 25.6 Å². The van der Waals surface area contributed by atoms with Crippen LogP contribution in [0, 0.1) is 0 Å². The van der Waals surface area contributed by atoms with Crippen molar-refractivity contribution in [2.24, 2.45) is 0 Å². The van der Waals surface area contributed by atoms with Gasteiger partial charge in [0.2, 0.25) is 0 Å². The minimum absolute atomic E-state index is 0.112. The molecule has 21 heavy (non-hydrogen) atoms. The Morgan fingerprint density at radius 1 is 1.33 bits per heavy atom. The number of hydrogen-bond donors (Lipinski definition) is 1. The molecule has 0 saturated carbocycles. The molecule has 1 aromatic carbocycles. The van der Waals surface area contributed by atoms with E-state index in [1.54, 1.807) is 6.92 Å². The maximum absolute atomic E-state index is 11.2. The fourth-order valence-electron chi connectivity index (χ4n) is 1.69. The first-order valence-corrected chi connectivity index (χ1v) is 6.84. The Hall–Kier alpha value is -1.69. The quantitative estimate of drug-likeness (QED) is 0.555. The zero-order chi connectivity index (χ0) is 15.5. The minimum atomic E-state index is -0.857. The highest BCUT2D eigenvalue weighted by molar-refractivity contribution is 5.81. The van der Waals surface area contributed by atoms with Crippen molar-refractivity contribution in [1.29, 1.82) is 0 Å². The van der Waals surface area contributed by atoms with Crippen LogP contribution in [0.3, 0.4) is 0 Å². The molecule has 1 aromatic rings. The van der Waals surface area contributed by atoms with E-state index in [1.165, 1.54) is 19.3 Å². The van der Waals surface area contributed by atoms with E-state index in [0.717, 1.165) is 5.56 Å². The first-order valence-electron chi connectivity index (χ1n) is 6.84. The normalized spacial score (nSPS) is 14.0. The van der Waals surface area contributed by atoms with Crippen molar-refractivity contribution in [2.45, 2.75) is 25.7 Å². The molecule has 116 valence electrons. The second kappa shape index (κ2) is 10.1. The summed E-state index contributed by atoms with van der Waals surface area (Å²) < 4.78 is 15.3. The highest BCUT2D eigenvalue weighted by Gasteiger charge is 2.16. The molecule has 5 heteroatoms. The minimum Gasteiger partial charge on any atom is -0.463 e. The Morgan fingerprint density at radius 2 is 2.05 bits per heavy atom. The number of carbonyl (C=O) groups excluding carboxylic acids is 1. The van der Waals surface area contributed by atoms with Crippen LogP contribution in [0.4, 0.5) is 0 Å². The average Bonchev–Trinajstić information content (AvgIpc) is 2.49. The molecular formula is C16H22O5. The van der Waals surface area contributed by atoms with Crippen LogP contribution in [-0.4, -0.2) is 43.6 Å². The van der Waals surface area contributed by atoms with Crippen molar-refractivity contribution in [1.82, 2.24) is 0 Å². The van der Waals surface area contributed by atoms with Crippen molar-refractivity contribution in [3.8, 4) is 0 Å². The fraction of sp³-hybridized carbons (Fsp3) is 0.438. The number of methoxy groups -OCH3 is 1. The number of esters is 1. The Labute approximate surface area is 125 Å². The summed E-state index contributed by atoms with van der Waals surface area (Å²) in [4.78, 5) is 11.2. The lowest BCUT2D eigenvalue weighted by Crippen LogP contribution is -2.30. The first kappa shape index (κ1) is 17.4. The molecule has 0 fully saturated rings. The standard InChI is InChI=1S/C16H22O5/c1-3-21-16(18)10-9-15(19-2)14(17)12-20-11-13-7-5-4-6-8-13/h4-10,14-15,17H,3,11-12H2,1-2H3/b10-9+/t14-,15-/m1/s1. The summed E-state index contributed by atoms with van der Waals surface area (Å²) >= 11 is 0. The molecule has 2 atom stereocenters. The molecule has 1 rings (SSSR count). The average molecular weight is 294 g/mol. The lowest BCUT2D eigenvalue weighted by molar-refractivity contribution is -0.137. The molecule has 0 aromatic heterocycles. The highest BCUT2D eigenvalue weighted by atomic mass is 16.5. The third kappa shape index (κ3) is 7.04. The summed E-state index contributed by atoms with van der Waals surface area (Å²) in [5.41, 5.74) is 1.03. The van der Waals surface area contributed by atoms with E-state index in [9.17, 15) is 9.90 Å². The van der Waals surface area contributed by atoms with Gasteiger partial charge in [0.1, 0.15) is 12.2 Å². The van der Waals surface area contributed by atoms with Crippen LogP contribution in [0.1, 0.15) is 12.5 Å². The third-order valence-electron chi connectivity index (χ3n) is 2.76. The Kier molecular flexibility index (Phi) is 8.35. The summed E-state index contributed by atoms with van der Waals surface area (Å²) in [6.45, 7) is 2.56. The second-order valence-electron chi connectivity index (χ2n) is 4.38. The molecule has 0 aliphatic heterocycles. The van der Waals surface area contributed by atoms with Crippen molar-refractivity contribution < 1.29 is 24.1 Å². The van der Waals surface area contributed by atoms with E-state index in [4.69, 9.17) is 14.2 Å². The van der Waals surface area contributed by atoms with E-state index in [0.29, 0.717) is 13.2 Å². The highest BCUT2D eigenvalue weighted by Crippen LogP contribution is 2.05. The Morgan fingerprint density at radius 3 is 2.67 bits per heavy atom. The predicted octanol–water partition coefficient (Wildman–Crippen LogP) is 1.70. The maximum Gasteiger partial charge on any atom is 0.330 e. The Balaban J connectivity index is 2.37. The predicted molar refractivity (Wildman–Crippen MR) is 78.7 cm³/mol. The summed E-state index contributed by atoms with van der Waals surface area (Å²) in [6, 6.07) is 9.67. The largest absolute Gasteiger partial charge is 0.463 e. The number of ether oxygens (including phenoxy) is 3. The second-order valence-corrected chi connectivity index (χ2v) is 4.38. The smallest absolute Gasteiger partial charge is 0.330 e. The van der Waals surface area contributed by atoms with E-state index < -0.39 is 18.2 Å². The number of rotatable bonds is 9. The van der Waals surface area contributed by atoms with Gasteiger partial charge in [0.05, 0.1) is 19.8 Å². The van der Waals surface area contributed by atoms with Gasteiger partial charge in [-0.05, 0) is 18.6 Å². The van der Waals surface area contributed by atoms with Gasteiger partial charge in [0.15, 0.2) is 0 Å². The zero-order valence-corrected chi connectivity index (χ0v) is 12.4. The van der Waals surface area contributed by atoms with Gasteiger partial charge in [-0.15, -0.1) is 0 Å². The van der Waals surface area contributed by atoms with Gasteiger partial charge in [-0.1, -0.05) is 30.3 Å². The summed E-state index contributed by atoms with van der Waals surface area (Å²) in [5.74, 6) is -0.461. The van der Waals surface area contributed by atoms with E-state index in [-0.39, 0.29) is 6.61 Å². The molecule has 0 bridgehead atoms. The van der Waals surface area contributed by atoms with Crippen LogP contribution >= 0.6 is 0 Å². The van der Waals surface area contributed by atoms with Gasteiger partial charge in [-0.3, -0.25) is 0 Å². The van der Waals surface area contributed by atoms with E-state index in [1.807, 2.05) is 30.3 Å². The molecule has 0 aliphatic rings. The van der Waals surface area contributed by atoms with Crippen LogP contribution in [0.5, 0.6) is 0 Å². The van der Waals surface area contributed by atoms with E-state index in [2.05, 4.69) is 0 Å². The number of aliphatic hydroxyl groups excluding tert-OH is 1. The van der Waals surface area contributed by atoms with Gasteiger partial charge in [0, 0.05) is 13.2 Å². The van der Waals surface area contributed by atoms with Crippen molar-refractivity contribution in [3.05, 3.63) is 48.0 Å². The maximum atomic E-state index is 11.2. The number of aliphatic hydroxyl groups is 1. The van der Waals surface area contributed by atoms with Gasteiger partial charge in [0.25, 0.3) is 0 Å². The lowest BCUT2D eigenvalue weighted by Gasteiger charge is -2.18. The van der Waals surface area contributed by atoms with Crippen LogP contribution in [0.25, 0.3) is 0 Å². The molecular weight excluding hydrogens is 272 g/mol. The zero-order valence-electron chi connectivity index (χ0n) is 12.4. The summed E-state index contributed by atoms with van der Waals surface area (Å²) in [7, 11) is 1.46. The number of benzene rings is 1. The molecule has 0 saturated heterocycles. The van der Waals surface area contributed by atoms with Crippen LogP contribution in [0.2, 0.25) is 0 Å². The molecule has 0 amide bonds. The lowest BCUT2D eigenvalue weighted by atomic mass is 10.2. The number of hydrogen-bond acceptors (Lipinski definition) is 5. The molecule has 0 unspecified atom stereocenters. The molecule has 0 spiro atoms. The van der Waals surface area contributed by atoms with Crippen molar-refractivity contribution in [2.75, 3.05) is 20.3 Å². The topological polar surface area (TPSA) is 65.0 Å². The molecule has 1 N–H and O–H groups in total. The van der Waals surface area contributed by atoms with Crippen LogP contribution in [0.15, 0.2) is 42.5 Å². The van der Waals surface area contributed by atoms with Gasteiger partial charge in [-0.25, -0.2) is 4.79 Å². The Bertz CT molecular complexity index is 430. The van der Waals surface area contributed by atoms with Gasteiger partial charge in [-0.2, -0.15) is 0 Å². The van der Waals surface area contributed by atoms with E-state index >= 15 is 0 Å². The number of carbonyl (C=O) groups is 1. The fourth-order valence-corrected chi connectivity index (χ4v) is 1.69. The molecule has 0 radical (unpaired) electrons. The summed E-state index contributed by atoms with van der Waals surface area (Å²) in [5, 5.41) is 9.98. The van der Waals surface area contributed by atoms with Crippen LogP contribution < -0.4 is 0 Å². The molecule has 0 aliphatic carbocycles.